The summed E-state index contributed by atoms with van der Waals surface area (Å²) in [7, 11) is 0. The third-order valence-corrected chi connectivity index (χ3v) is 4.19. The van der Waals surface area contributed by atoms with E-state index in [0.29, 0.717) is 12.0 Å². The molecule has 2 aromatic carbocycles. The van der Waals surface area contributed by atoms with E-state index in [0.717, 1.165) is 13.0 Å². The minimum Gasteiger partial charge on any atom is -0.313 e. The Morgan fingerprint density at radius 1 is 0.895 bits per heavy atom. The molecule has 0 aliphatic heterocycles. The lowest BCUT2D eigenvalue weighted by Gasteiger charge is -2.25. The molecule has 2 aromatic rings. The first-order chi connectivity index (χ1) is 9.36. The van der Waals surface area contributed by atoms with Crippen LogP contribution < -0.4 is 5.32 Å². The summed E-state index contributed by atoms with van der Waals surface area (Å²) in [5.41, 5.74) is 5.80. The van der Waals surface area contributed by atoms with E-state index in [1.807, 2.05) is 0 Å². The van der Waals surface area contributed by atoms with Gasteiger partial charge in [-0.05, 0) is 35.2 Å². The van der Waals surface area contributed by atoms with Crippen LogP contribution in [0.3, 0.4) is 0 Å². The third-order valence-electron chi connectivity index (χ3n) is 4.19. The molecule has 1 nitrogen and oxygen atoms in total. The van der Waals surface area contributed by atoms with E-state index in [2.05, 4.69) is 67.7 Å². The number of likely N-dealkylation sites (N-methyl/N-ethyl adjacent to an activating group) is 1. The van der Waals surface area contributed by atoms with Crippen molar-refractivity contribution in [1.29, 1.82) is 0 Å². The van der Waals surface area contributed by atoms with Crippen molar-refractivity contribution in [3.8, 4) is 11.1 Å². The average molecular weight is 251 g/mol. The molecule has 0 aromatic heterocycles. The van der Waals surface area contributed by atoms with Gasteiger partial charge in [-0.3, -0.25) is 0 Å². The topological polar surface area (TPSA) is 12.0 Å². The van der Waals surface area contributed by atoms with Crippen molar-refractivity contribution >= 4 is 0 Å². The van der Waals surface area contributed by atoms with Crippen LogP contribution in [-0.2, 0) is 0 Å². The molecule has 98 valence electrons. The molecule has 0 saturated carbocycles. The maximum Gasteiger partial charge on any atom is 0.0255 e. The number of rotatable bonds is 4. The third kappa shape index (κ3) is 1.98. The normalized spacial score (nSPS) is 15.1. The molecule has 0 heterocycles. The van der Waals surface area contributed by atoms with E-state index in [1.54, 1.807) is 0 Å². The molecule has 1 N–H and O–H groups in total. The van der Waals surface area contributed by atoms with Gasteiger partial charge in [-0.1, -0.05) is 62.4 Å². The van der Waals surface area contributed by atoms with Gasteiger partial charge in [0.15, 0.2) is 0 Å². The van der Waals surface area contributed by atoms with Crippen LogP contribution in [0, 0.1) is 0 Å². The van der Waals surface area contributed by atoms with Crippen LogP contribution in [0.15, 0.2) is 48.5 Å². The summed E-state index contributed by atoms with van der Waals surface area (Å²) in [5, 5.41) is 3.66. The minimum absolute atomic E-state index is 0.498. The van der Waals surface area contributed by atoms with Gasteiger partial charge < -0.3 is 5.32 Å². The van der Waals surface area contributed by atoms with Crippen LogP contribution in [0.5, 0.6) is 0 Å². The highest BCUT2D eigenvalue weighted by Crippen LogP contribution is 2.46. The number of nitrogens with one attached hydrogen (secondary N) is 1. The maximum absolute atomic E-state index is 3.66. The Hall–Kier alpha value is -1.60. The smallest absolute Gasteiger partial charge is 0.0255 e. The van der Waals surface area contributed by atoms with Crippen LogP contribution in [0.25, 0.3) is 11.1 Å². The van der Waals surface area contributed by atoms with Gasteiger partial charge in [0.2, 0.25) is 0 Å². The Bertz CT molecular complexity index is 528. The fraction of sp³-hybridized carbons (Fsp3) is 0.333. The van der Waals surface area contributed by atoms with Crippen molar-refractivity contribution < 1.29 is 0 Å². The molecular weight excluding hydrogens is 230 g/mol. The molecule has 1 aliphatic rings. The van der Waals surface area contributed by atoms with E-state index in [-0.39, 0.29) is 0 Å². The van der Waals surface area contributed by atoms with Crippen LogP contribution in [0.1, 0.15) is 37.3 Å². The summed E-state index contributed by atoms with van der Waals surface area (Å²) < 4.78 is 0. The van der Waals surface area contributed by atoms with Gasteiger partial charge in [0, 0.05) is 12.0 Å². The fourth-order valence-electron chi connectivity index (χ4n) is 3.39. The van der Waals surface area contributed by atoms with Crippen LogP contribution >= 0.6 is 0 Å². The highest BCUT2D eigenvalue weighted by Gasteiger charge is 2.32. The van der Waals surface area contributed by atoms with Crippen molar-refractivity contribution in [1.82, 2.24) is 5.32 Å². The minimum atomic E-state index is 0.498. The van der Waals surface area contributed by atoms with E-state index in [1.165, 1.54) is 22.3 Å². The molecule has 3 rings (SSSR count). The average Bonchev–Trinajstić information content (AvgIpc) is 2.80. The molecule has 1 atom stereocenters. The van der Waals surface area contributed by atoms with Crippen LogP contribution in [-0.4, -0.2) is 12.6 Å². The summed E-state index contributed by atoms with van der Waals surface area (Å²) in [6.07, 6.45) is 1.15. The largest absolute Gasteiger partial charge is 0.313 e. The van der Waals surface area contributed by atoms with Gasteiger partial charge in [0.25, 0.3) is 0 Å². The van der Waals surface area contributed by atoms with Crippen molar-refractivity contribution in [2.75, 3.05) is 6.54 Å². The van der Waals surface area contributed by atoms with Gasteiger partial charge >= 0.3 is 0 Å². The predicted octanol–water partition coefficient (Wildman–Crippen LogP) is 4.19. The zero-order valence-corrected chi connectivity index (χ0v) is 11.7. The summed E-state index contributed by atoms with van der Waals surface area (Å²) in [4.78, 5) is 0. The Kier molecular flexibility index (Phi) is 3.39. The van der Waals surface area contributed by atoms with Crippen molar-refractivity contribution in [2.24, 2.45) is 0 Å². The monoisotopic (exact) mass is 251 g/mol. The highest BCUT2D eigenvalue weighted by atomic mass is 14.9. The number of hydrogen-bond acceptors (Lipinski definition) is 1. The number of hydrogen-bond donors (Lipinski definition) is 1. The van der Waals surface area contributed by atoms with Gasteiger partial charge in [0.05, 0.1) is 0 Å². The van der Waals surface area contributed by atoms with E-state index in [4.69, 9.17) is 0 Å². The van der Waals surface area contributed by atoms with E-state index < -0.39 is 0 Å². The lowest BCUT2D eigenvalue weighted by Crippen LogP contribution is -2.34. The molecule has 1 aliphatic carbocycles. The molecule has 0 radical (unpaired) electrons. The van der Waals surface area contributed by atoms with E-state index >= 15 is 0 Å². The summed E-state index contributed by atoms with van der Waals surface area (Å²) in [5.74, 6) is 0.498. The van der Waals surface area contributed by atoms with Gasteiger partial charge in [-0.25, -0.2) is 0 Å². The standard InChI is InChI=1S/C18H21N/c1-3-17(19-4-2)18-15-11-7-5-9-13(15)14-10-6-8-12-16(14)18/h5-12,17-19H,3-4H2,1-2H3. The van der Waals surface area contributed by atoms with Gasteiger partial charge in [-0.2, -0.15) is 0 Å². The van der Waals surface area contributed by atoms with Gasteiger partial charge in [-0.15, -0.1) is 0 Å². The number of benzene rings is 2. The summed E-state index contributed by atoms with van der Waals surface area (Å²) in [6, 6.07) is 18.2. The first-order valence-corrected chi connectivity index (χ1v) is 7.28. The summed E-state index contributed by atoms with van der Waals surface area (Å²) in [6.45, 7) is 5.49. The molecule has 19 heavy (non-hydrogen) atoms. The Balaban J connectivity index is 2.14. The molecule has 0 spiro atoms. The quantitative estimate of drug-likeness (QED) is 0.859. The van der Waals surface area contributed by atoms with Gasteiger partial charge in [0.1, 0.15) is 0 Å². The second-order valence-electron chi connectivity index (χ2n) is 5.22. The molecular formula is C18H21N. The fourth-order valence-corrected chi connectivity index (χ4v) is 3.39. The molecule has 0 bridgehead atoms. The Morgan fingerprint density at radius 3 is 1.89 bits per heavy atom. The highest BCUT2D eigenvalue weighted by molar-refractivity contribution is 5.79. The zero-order valence-electron chi connectivity index (χ0n) is 11.7. The summed E-state index contributed by atoms with van der Waals surface area (Å²) >= 11 is 0. The predicted molar refractivity (Wildman–Crippen MR) is 81.5 cm³/mol. The number of fused-ring (bicyclic) bond motifs is 3. The first-order valence-electron chi connectivity index (χ1n) is 7.28. The van der Waals surface area contributed by atoms with Crippen molar-refractivity contribution in [2.45, 2.75) is 32.2 Å². The second kappa shape index (κ2) is 5.18. The lowest BCUT2D eigenvalue weighted by atomic mass is 9.88. The molecule has 0 amide bonds. The molecule has 1 unspecified atom stereocenters. The van der Waals surface area contributed by atoms with Crippen molar-refractivity contribution in [3.05, 3.63) is 59.7 Å². The van der Waals surface area contributed by atoms with E-state index in [9.17, 15) is 0 Å². The lowest BCUT2D eigenvalue weighted by molar-refractivity contribution is 0.470. The van der Waals surface area contributed by atoms with Crippen molar-refractivity contribution in [3.63, 3.8) is 0 Å². The Labute approximate surface area is 115 Å². The van der Waals surface area contributed by atoms with Crippen LogP contribution in [0.2, 0.25) is 0 Å². The molecule has 0 saturated heterocycles. The SMILES string of the molecule is CCNC(CC)C1c2ccccc2-c2ccccc21. The second-order valence-corrected chi connectivity index (χ2v) is 5.22. The molecule has 0 fully saturated rings. The van der Waals surface area contributed by atoms with Crippen LogP contribution in [0.4, 0.5) is 0 Å². The molecule has 1 heteroatoms. The first kappa shape index (κ1) is 12.4. The maximum atomic E-state index is 3.66. The Morgan fingerprint density at radius 2 is 1.42 bits per heavy atom. The zero-order chi connectivity index (χ0) is 13.2.